The number of hydrogen-bond donors (Lipinski definition) is 0. The third kappa shape index (κ3) is 6.90. The highest BCUT2D eigenvalue weighted by atomic mass is 32.2. The van der Waals surface area contributed by atoms with E-state index in [0.717, 1.165) is 22.6 Å². The number of aryl methyl sites for hydroxylation is 2. The minimum atomic E-state index is -0.353. The topological polar surface area (TPSA) is 35.5 Å². The zero-order chi connectivity index (χ0) is 25.3. The van der Waals surface area contributed by atoms with Crippen LogP contribution in [0.5, 0.6) is 5.75 Å². The van der Waals surface area contributed by atoms with E-state index in [4.69, 9.17) is 9.78 Å². The second-order valence-electron chi connectivity index (χ2n) is 8.50. The average Bonchev–Trinajstić information content (AvgIpc) is 3.33. The summed E-state index contributed by atoms with van der Waals surface area (Å²) < 4.78 is 0. The molecule has 0 spiro atoms. The first kappa shape index (κ1) is 25.8. The van der Waals surface area contributed by atoms with Crippen molar-refractivity contribution in [1.82, 2.24) is 0 Å². The van der Waals surface area contributed by atoms with Crippen molar-refractivity contribution in [1.29, 1.82) is 0 Å². The summed E-state index contributed by atoms with van der Waals surface area (Å²) in [5.41, 5.74) is 5.83. The summed E-state index contributed by atoms with van der Waals surface area (Å²) >= 11 is 3.58. The lowest BCUT2D eigenvalue weighted by atomic mass is 9.99. The Morgan fingerprint density at radius 1 is 0.917 bits per heavy atom. The predicted molar refractivity (Wildman–Crippen MR) is 152 cm³/mol. The molecule has 0 amide bonds. The van der Waals surface area contributed by atoms with E-state index < -0.39 is 0 Å². The average molecular weight is 515 g/mol. The highest BCUT2D eigenvalue weighted by Gasteiger charge is 2.10. The van der Waals surface area contributed by atoms with E-state index in [0.29, 0.717) is 12.2 Å². The molecule has 0 aliphatic rings. The van der Waals surface area contributed by atoms with Crippen LogP contribution < -0.4 is 4.89 Å². The van der Waals surface area contributed by atoms with Crippen molar-refractivity contribution in [3.63, 3.8) is 0 Å². The third-order valence-corrected chi connectivity index (χ3v) is 7.63. The van der Waals surface area contributed by atoms with Crippen LogP contribution in [0.2, 0.25) is 0 Å². The molecule has 1 heterocycles. The van der Waals surface area contributed by atoms with Crippen LogP contribution >= 0.6 is 23.1 Å². The molecule has 4 aromatic rings. The van der Waals surface area contributed by atoms with Gasteiger partial charge in [-0.25, -0.2) is 4.79 Å². The molecule has 0 saturated heterocycles. The van der Waals surface area contributed by atoms with E-state index in [1.165, 1.54) is 32.0 Å². The van der Waals surface area contributed by atoms with Crippen molar-refractivity contribution in [2.45, 2.75) is 38.5 Å². The van der Waals surface area contributed by atoms with E-state index in [1.54, 1.807) is 11.8 Å². The second kappa shape index (κ2) is 12.6. The Morgan fingerprint density at radius 3 is 2.33 bits per heavy atom. The lowest BCUT2D eigenvalue weighted by Crippen LogP contribution is -2.07. The van der Waals surface area contributed by atoms with Crippen LogP contribution in [-0.4, -0.2) is 11.7 Å². The summed E-state index contributed by atoms with van der Waals surface area (Å²) in [6.07, 6.45) is 3.38. The van der Waals surface area contributed by atoms with Gasteiger partial charge in [0.1, 0.15) is 0 Å². The molecule has 4 rings (SSSR count). The van der Waals surface area contributed by atoms with Gasteiger partial charge >= 0.3 is 5.97 Å². The Balaban J connectivity index is 1.48. The number of hydrogen-bond acceptors (Lipinski definition) is 5. The predicted octanol–water partition coefficient (Wildman–Crippen LogP) is 8.89. The summed E-state index contributed by atoms with van der Waals surface area (Å²) in [5.74, 6) is 1.04. The monoisotopic (exact) mass is 514 g/mol. The van der Waals surface area contributed by atoms with Gasteiger partial charge in [-0.3, -0.25) is 9.78 Å². The highest BCUT2D eigenvalue weighted by molar-refractivity contribution is 7.99. The van der Waals surface area contributed by atoms with Crippen LogP contribution in [0.1, 0.15) is 40.6 Å². The van der Waals surface area contributed by atoms with Gasteiger partial charge in [-0.15, -0.1) is 23.1 Å². The van der Waals surface area contributed by atoms with E-state index in [2.05, 4.69) is 79.7 Å². The fourth-order valence-electron chi connectivity index (χ4n) is 3.78. The van der Waals surface area contributed by atoms with Crippen LogP contribution in [0.4, 0.5) is 0 Å². The van der Waals surface area contributed by atoms with Gasteiger partial charge < -0.3 is 0 Å². The zero-order valence-electron chi connectivity index (χ0n) is 20.8. The Hall–Kier alpha value is -3.28. The van der Waals surface area contributed by atoms with E-state index in [-0.39, 0.29) is 5.97 Å². The molecular weight excluding hydrogens is 484 g/mol. The molecule has 0 fully saturated rings. The molecule has 36 heavy (non-hydrogen) atoms. The molecule has 0 aliphatic carbocycles. The normalized spacial score (nSPS) is 11.4. The quantitative estimate of drug-likeness (QED) is 0.120. The molecule has 0 N–H and O–H groups in total. The molecule has 3 aromatic carbocycles. The molecule has 0 radical (unpaired) electrons. The minimum absolute atomic E-state index is 0.348. The highest BCUT2D eigenvalue weighted by Crippen LogP contribution is 2.33. The SMILES string of the molecule is CCCC(=O)OOc1ccc(SCC=C(c2ccc(-c3ccccc3)cc2)c2ccc(C)s2)cc1C. The fourth-order valence-corrected chi connectivity index (χ4v) is 5.57. The first-order valence-corrected chi connectivity index (χ1v) is 13.9. The zero-order valence-corrected chi connectivity index (χ0v) is 22.5. The van der Waals surface area contributed by atoms with Crippen molar-refractivity contribution >= 4 is 34.6 Å². The summed E-state index contributed by atoms with van der Waals surface area (Å²) in [7, 11) is 0. The van der Waals surface area contributed by atoms with Crippen LogP contribution in [0, 0.1) is 13.8 Å². The summed E-state index contributed by atoms with van der Waals surface area (Å²) in [6, 6.07) is 29.6. The molecule has 184 valence electrons. The van der Waals surface area contributed by atoms with Gasteiger partial charge in [-0.05, 0) is 78.4 Å². The molecule has 0 unspecified atom stereocenters. The minimum Gasteiger partial charge on any atom is -0.287 e. The Labute approximate surface area is 221 Å². The van der Waals surface area contributed by atoms with Gasteiger partial charge in [0.25, 0.3) is 0 Å². The molecule has 0 bridgehead atoms. The number of carbonyl (C=O) groups excluding carboxylic acids is 1. The first-order chi connectivity index (χ1) is 17.5. The Morgan fingerprint density at radius 2 is 1.67 bits per heavy atom. The van der Waals surface area contributed by atoms with Crippen molar-refractivity contribution in [3.8, 4) is 16.9 Å². The number of carbonyl (C=O) groups is 1. The van der Waals surface area contributed by atoms with Crippen LogP contribution in [0.15, 0.2) is 95.9 Å². The van der Waals surface area contributed by atoms with Gasteiger partial charge in [0.05, 0.1) is 0 Å². The maximum Gasteiger partial charge on any atom is 0.355 e. The number of benzene rings is 3. The van der Waals surface area contributed by atoms with Crippen LogP contribution in [-0.2, 0) is 9.68 Å². The standard InChI is InChI=1S/C31H30O3S2/c1-4-8-31(32)34-33-29-17-16-27(21-22(29)2)35-20-19-28(30-18-11-23(3)36-30)26-14-12-25(13-15-26)24-9-6-5-7-10-24/h5-7,9-19,21H,4,8,20H2,1-3H3. The molecule has 0 saturated carbocycles. The lowest BCUT2D eigenvalue weighted by Gasteiger charge is -2.10. The molecule has 5 heteroatoms. The number of rotatable bonds is 10. The number of thiophene rings is 1. The Kier molecular flexibility index (Phi) is 9.04. The third-order valence-electron chi connectivity index (χ3n) is 5.67. The van der Waals surface area contributed by atoms with Crippen molar-refractivity contribution in [2.24, 2.45) is 0 Å². The molecule has 1 aromatic heterocycles. The number of thioether (sulfide) groups is 1. The van der Waals surface area contributed by atoms with Crippen LogP contribution in [0.25, 0.3) is 16.7 Å². The molecule has 0 atom stereocenters. The van der Waals surface area contributed by atoms with E-state index in [1.807, 2.05) is 43.4 Å². The van der Waals surface area contributed by atoms with Gasteiger partial charge in [0.2, 0.25) is 0 Å². The summed E-state index contributed by atoms with van der Waals surface area (Å²) in [6.45, 7) is 6.03. The molecule has 0 aliphatic heterocycles. The maximum absolute atomic E-state index is 11.6. The smallest absolute Gasteiger partial charge is 0.287 e. The van der Waals surface area contributed by atoms with Gasteiger partial charge in [-0.2, -0.15) is 0 Å². The molecular formula is C31H30O3S2. The maximum atomic E-state index is 11.6. The van der Waals surface area contributed by atoms with Crippen molar-refractivity contribution in [2.75, 3.05) is 5.75 Å². The Bertz CT molecular complexity index is 1320. The second-order valence-corrected chi connectivity index (χ2v) is 10.9. The van der Waals surface area contributed by atoms with Crippen molar-refractivity contribution in [3.05, 3.63) is 112 Å². The lowest BCUT2D eigenvalue weighted by molar-refractivity contribution is -0.214. The van der Waals surface area contributed by atoms with Gasteiger partial charge in [-0.1, -0.05) is 67.6 Å². The summed E-state index contributed by atoms with van der Waals surface area (Å²) in [5, 5.41) is 0. The first-order valence-electron chi connectivity index (χ1n) is 12.1. The largest absolute Gasteiger partial charge is 0.355 e. The van der Waals surface area contributed by atoms with E-state index >= 15 is 0 Å². The molecule has 3 nitrogen and oxygen atoms in total. The van der Waals surface area contributed by atoms with Gasteiger partial charge in [0.15, 0.2) is 5.75 Å². The van der Waals surface area contributed by atoms with E-state index in [9.17, 15) is 4.79 Å². The summed E-state index contributed by atoms with van der Waals surface area (Å²) in [4.78, 5) is 25.4. The fraction of sp³-hybridized carbons (Fsp3) is 0.194. The van der Waals surface area contributed by atoms with Crippen LogP contribution in [0.3, 0.4) is 0 Å². The van der Waals surface area contributed by atoms with Crippen molar-refractivity contribution < 1.29 is 14.6 Å². The van der Waals surface area contributed by atoms with Gasteiger partial charge in [0, 0.05) is 26.8 Å².